The van der Waals surface area contributed by atoms with Gasteiger partial charge in [-0.1, -0.05) is 6.42 Å². The molecule has 1 aromatic heterocycles. The molecule has 3 atom stereocenters. The second-order valence-corrected chi connectivity index (χ2v) is 6.99. The van der Waals surface area contributed by atoms with Gasteiger partial charge in [0.05, 0.1) is 4.47 Å². The number of halogens is 1. The van der Waals surface area contributed by atoms with Gasteiger partial charge in [-0.05, 0) is 71.5 Å². The molecular formula is C15H21BrN2. The van der Waals surface area contributed by atoms with E-state index in [2.05, 4.69) is 45.9 Å². The molecule has 0 amide bonds. The Morgan fingerprint density at radius 1 is 1.39 bits per heavy atom. The average Bonchev–Trinajstić information content (AvgIpc) is 2.90. The van der Waals surface area contributed by atoms with Crippen LogP contribution in [0.5, 0.6) is 0 Å². The number of pyridine rings is 1. The van der Waals surface area contributed by atoms with Crippen LogP contribution in [0, 0.1) is 24.7 Å². The van der Waals surface area contributed by atoms with E-state index < -0.39 is 0 Å². The highest BCUT2D eigenvalue weighted by molar-refractivity contribution is 9.10. The highest BCUT2D eigenvalue weighted by Crippen LogP contribution is 2.48. The minimum atomic E-state index is 0.892. The molecule has 0 aromatic carbocycles. The minimum Gasteiger partial charge on any atom is -0.358 e. The first kappa shape index (κ1) is 12.5. The minimum absolute atomic E-state index is 0.892. The van der Waals surface area contributed by atoms with Crippen LogP contribution in [0.3, 0.4) is 0 Å². The second kappa shape index (κ2) is 4.84. The fourth-order valence-corrected chi connectivity index (χ4v) is 4.61. The lowest BCUT2D eigenvalue weighted by Crippen LogP contribution is -2.29. The van der Waals surface area contributed by atoms with Crippen molar-refractivity contribution in [1.82, 2.24) is 4.98 Å². The summed E-state index contributed by atoms with van der Waals surface area (Å²) in [6.07, 6.45) is 7.83. The zero-order valence-electron chi connectivity index (χ0n) is 11.2. The van der Waals surface area contributed by atoms with Crippen LogP contribution in [0.15, 0.2) is 16.7 Å². The molecule has 2 aliphatic carbocycles. The Hall–Kier alpha value is -0.570. The maximum absolute atomic E-state index is 4.56. The molecule has 0 saturated heterocycles. The van der Waals surface area contributed by atoms with Crippen molar-refractivity contribution < 1.29 is 0 Å². The van der Waals surface area contributed by atoms with Crippen molar-refractivity contribution in [3.63, 3.8) is 0 Å². The summed E-state index contributed by atoms with van der Waals surface area (Å²) < 4.78 is 1.12. The predicted octanol–water partition coefficient (Wildman–Crippen LogP) is 4.02. The van der Waals surface area contributed by atoms with Gasteiger partial charge in [0.25, 0.3) is 0 Å². The lowest BCUT2D eigenvalue weighted by molar-refractivity contribution is 0.337. The fourth-order valence-electron chi connectivity index (χ4n) is 3.85. The Labute approximate surface area is 118 Å². The molecule has 0 N–H and O–H groups in total. The topological polar surface area (TPSA) is 16.1 Å². The zero-order valence-corrected chi connectivity index (χ0v) is 12.8. The standard InChI is InChI=1S/C15H21BrN2/c1-10-5-14(16)15(17-8-10)18(2)9-13-7-11-3-4-12(13)6-11/h5,8,11-13H,3-4,6-7,9H2,1-2H3. The number of nitrogens with zero attached hydrogens (tertiary/aromatic N) is 2. The molecule has 3 unspecified atom stereocenters. The van der Waals surface area contributed by atoms with Gasteiger partial charge >= 0.3 is 0 Å². The number of rotatable bonds is 3. The summed E-state index contributed by atoms with van der Waals surface area (Å²) in [5, 5.41) is 0. The molecule has 18 heavy (non-hydrogen) atoms. The Morgan fingerprint density at radius 3 is 2.83 bits per heavy atom. The Balaban J connectivity index is 1.69. The molecule has 0 aliphatic heterocycles. The van der Waals surface area contributed by atoms with Gasteiger partial charge in [0.1, 0.15) is 5.82 Å². The smallest absolute Gasteiger partial charge is 0.142 e. The van der Waals surface area contributed by atoms with Crippen molar-refractivity contribution in [2.24, 2.45) is 17.8 Å². The average molecular weight is 309 g/mol. The number of fused-ring (bicyclic) bond motifs is 2. The van der Waals surface area contributed by atoms with E-state index in [0.29, 0.717) is 0 Å². The van der Waals surface area contributed by atoms with Gasteiger partial charge in [-0.15, -0.1) is 0 Å². The Kier molecular flexibility index (Phi) is 3.35. The van der Waals surface area contributed by atoms with Crippen LogP contribution in [0.25, 0.3) is 0 Å². The quantitative estimate of drug-likeness (QED) is 0.838. The highest BCUT2D eigenvalue weighted by Gasteiger charge is 2.39. The molecule has 0 radical (unpaired) electrons. The van der Waals surface area contributed by atoms with Crippen LogP contribution in [0.1, 0.15) is 31.2 Å². The van der Waals surface area contributed by atoms with Crippen molar-refractivity contribution in [2.75, 3.05) is 18.5 Å². The van der Waals surface area contributed by atoms with E-state index in [1.807, 2.05) is 6.20 Å². The number of anilines is 1. The van der Waals surface area contributed by atoms with Crippen LogP contribution in [0.2, 0.25) is 0 Å². The molecule has 2 aliphatic rings. The molecule has 0 spiro atoms. The van der Waals surface area contributed by atoms with Crippen LogP contribution in [-0.4, -0.2) is 18.6 Å². The van der Waals surface area contributed by atoms with E-state index in [4.69, 9.17) is 0 Å². The Bertz CT molecular complexity index is 446. The van der Waals surface area contributed by atoms with Gasteiger partial charge < -0.3 is 4.90 Å². The van der Waals surface area contributed by atoms with Gasteiger partial charge in [-0.3, -0.25) is 0 Å². The summed E-state index contributed by atoms with van der Waals surface area (Å²) in [6.45, 7) is 3.24. The molecular weight excluding hydrogens is 288 g/mol. The predicted molar refractivity (Wildman–Crippen MR) is 78.9 cm³/mol. The third kappa shape index (κ3) is 2.29. The van der Waals surface area contributed by atoms with E-state index >= 15 is 0 Å². The van der Waals surface area contributed by atoms with E-state index in [1.54, 1.807) is 0 Å². The van der Waals surface area contributed by atoms with E-state index in [0.717, 1.165) is 34.6 Å². The molecule has 2 bridgehead atoms. The van der Waals surface area contributed by atoms with Crippen LogP contribution < -0.4 is 4.90 Å². The van der Waals surface area contributed by atoms with Gasteiger partial charge in [-0.25, -0.2) is 4.98 Å². The molecule has 2 fully saturated rings. The first-order valence-electron chi connectivity index (χ1n) is 6.96. The summed E-state index contributed by atoms with van der Waals surface area (Å²) in [7, 11) is 2.18. The zero-order chi connectivity index (χ0) is 12.7. The third-order valence-electron chi connectivity index (χ3n) is 4.71. The third-order valence-corrected chi connectivity index (χ3v) is 5.30. The highest BCUT2D eigenvalue weighted by atomic mass is 79.9. The summed E-state index contributed by atoms with van der Waals surface area (Å²) in [5.41, 5.74) is 1.21. The molecule has 3 heteroatoms. The van der Waals surface area contributed by atoms with Gasteiger partial charge in [0, 0.05) is 19.8 Å². The molecule has 2 saturated carbocycles. The van der Waals surface area contributed by atoms with Crippen molar-refractivity contribution in [2.45, 2.75) is 32.6 Å². The number of hydrogen-bond donors (Lipinski definition) is 0. The number of aryl methyl sites for hydroxylation is 1. The monoisotopic (exact) mass is 308 g/mol. The van der Waals surface area contributed by atoms with Crippen molar-refractivity contribution in [1.29, 1.82) is 0 Å². The summed E-state index contributed by atoms with van der Waals surface area (Å²) in [6, 6.07) is 2.15. The molecule has 2 nitrogen and oxygen atoms in total. The normalized spacial score (nSPS) is 29.8. The van der Waals surface area contributed by atoms with Gasteiger partial charge in [0.2, 0.25) is 0 Å². The molecule has 3 rings (SSSR count). The maximum Gasteiger partial charge on any atom is 0.142 e. The van der Waals surface area contributed by atoms with Gasteiger partial charge in [-0.2, -0.15) is 0 Å². The Morgan fingerprint density at radius 2 is 2.22 bits per heavy atom. The summed E-state index contributed by atoms with van der Waals surface area (Å²) >= 11 is 3.63. The van der Waals surface area contributed by atoms with Crippen molar-refractivity contribution in [3.05, 3.63) is 22.3 Å². The van der Waals surface area contributed by atoms with Crippen LogP contribution in [0.4, 0.5) is 5.82 Å². The van der Waals surface area contributed by atoms with E-state index in [-0.39, 0.29) is 0 Å². The maximum atomic E-state index is 4.56. The first-order chi connectivity index (χ1) is 8.63. The van der Waals surface area contributed by atoms with Gasteiger partial charge in [0.15, 0.2) is 0 Å². The second-order valence-electron chi connectivity index (χ2n) is 6.13. The fraction of sp³-hybridized carbons (Fsp3) is 0.667. The first-order valence-corrected chi connectivity index (χ1v) is 7.76. The number of hydrogen-bond acceptors (Lipinski definition) is 2. The van der Waals surface area contributed by atoms with Crippen molar-refractivity contribution >= 4 is 21.7 Å². The lowest BCUT2D eigenvalue weighted by Gasteiger charge is -2.28. The van der Waals surface area contributed by atoms with E-state index in [1.165, 1.54) is 31.2 Å². The summed E-state index contributed by atoms with van der Waals surface area (Å²) in [4.78, 5) is 6.89. The van der Waals surface area contributed by atoms with Crippen LogP contribution >= 0.6 is 15.9 Å². The van der Waals surface area contributed by atoms with Crippen molar-refractivity contribution in [3.8, 4) is 0 Å². The largest absolute Gasteiger partial charge is 0.358 e. The molecule has 1 heterocycles. The van der Waals surface area contributed by atoms with E-state index in [9.17, 15) is 0 Å². The lowest BCUT2D eigenvalue weighted by atomic mass is 9.88. The SMILES string of the molecule is Cc1cnc(N(C)CC2CC3CCC2C3)c(Br)c1. The van der Waals surface area contributed by atoms with Crippen LogP contribution in [-0.2, 0) is 0 Å². The summed E-state index contributed by atoms with van der Waals surface area (Å²) in [5.74, 6) is 4.00. The molecule has 98 valence electrons. The number of aromatic nitrogens is 1. The molecule has 1 aromatic rings.